The maximum atomic E-state index is 11.8. The van der Waals surface area contributed by atoms with Gasteiger partial charge in [0.05, 0.1) is 19.0 Å². The number of hydrogen-bond acceptors (Lipinski definition) is 3. The van der Waals surface area contributed by atoms with E-state index >= 15 is 0 Å². The quantitative estimate of drug-likeness (QED) is 0.635. The van der Waals surface area contributed by atoms with Crippen molar-refractivity contribution in [2.24, 2.45) is 5.92 Å². The van der Waals surface area contributed by atoms with E-state index in [4.69, 9.17) is 5.26 Å². The van der Waals surface area contributed by atoms with Gasteiger partial charge in [-0.3, -0.25) is 4.79 Å². The SMILES string of the molecule is CCCNCC(=O)N(CCC#N)CC(C)C. The third kappa shape index (κ3) is 7.24. The predicted molar refractivity (Wildman–Crippen MR) is 64.8 cm³/mol. The number of amides is 1. The fraction of sp³-hybridized carbons (Fsp3) is 0.833. The third-order valence-corrected chi connectivity index (χ3v) is 2.13. The minimum absolute atomic E-state index is 0.0948. The monoisotopic (exact) mass is 225 g/mol. The molecule has 0 saturated heterocycles. The first-order valence-electron chi connectivity index (χ1n) is 5.97. The molecule has 92 valence electrons. The van der Waals surface area contributed by atoms with Crippen molar-refractivity contribution in [1.82, 2.24) is 10.2 Å². The molecule has 0 aliphatic carbocycles. The average Bonchev–Trinajstić information content (AvgIpc) is 2.23. The van der Waals surface area contributed by atoms with Gasteiger partial charge < -0.3 is 10.2 Å². The van der Waals surface area contributed by atoms with Gasteiger partial charge in [-0.05, 0) is 18.9 Å². The van der Waals surface area contributed by atoms with Gasteiger partial charge in [-0.2, -0.15) is 5.26 Å². The van der Waals surface area contributed by atoms with E-state index in [0.29, 0.717) is 25.4 Å². The maximum absolute atomic E-state index is 11.8. The summed E-state index contributed by atoms with van der Waals surface area (Å²) in [5.41, 5.74) is 0. The van der Waals surface area contributed by atoms with Gasteiger partial charge >= 0.3 is 0 Å². The van der Waals surface area contributed by atoms with Crippen LogP contribution in [0.25, 0.3) is 0 Å². The van der Waals surface area contributed by atoms with Gasteiger partial charge in [0.15, 0.2) is 0 Å². The highest BCUT2D eigenvalue weighted by molar-refractivity contribution is 5.78. The van der Waals surface area contributed by atoms with Crippen LogP contribution in [0.1, 0.15) is 33.6 Å². The Morgan fingerprint density at radius 3 is 2.69 bits per heavy atom. The van der Waals surface area contributed by atoms with E-state index < -0.39 is 0 Å². The zero-order chi connectivity index (χ0) is 12.4. The first kappa shape index (κ1) is 14.9. The van der Waals surface area contributed by atoms with Crippen molar-refractivity contribution in [2.75, 3.05) is 26.2 Å². The van der Waals surface area contributed by atoms with Gasteiger partial charge in [-0.1, -0.05) is 20.8 Å². The second-order valence-electron chi connectivity index (χ2n) is 4.32. The molecule has 1 N–H and O–H groups in total. The van der Waals surface area contributed by atoms with Crippen LogP contribution in [0.15, 0.2) is 0 Å². The molecule has 4 heteroatoms. The number of rotatable bonds is 8. The molecule has 0 aromatic carbocycles. The molecule has 0 unspecified atom stereocenters. The Kier molecular flexibility index (Phi) is 8.55. The number of hydrogen-bond donors (Lipinski definition) is 1. The summed E-state index contributed by atoms with van der Waals surface area (Å²) in [5.74, 6) is 0.534. The van der Waals surface area contributed by atoms with E-state index in [-0.39, 0.29) is 5.91 Å². The Morgan fingerprint density at radius 2 is 2.19 bits per heavy atom. The Hall–Kier alpha value is -1.08. The number of nitriles is 1. The van der Waals surface area contributed by atoms with Crippen LogP contribution in [0.5, 0.6) is 0 Å². The number of carbonyl (C=O) groups excluding carboxylic acids is 1. The van der Waals surface area contributed by atoms with Crippen LogP contribution in [-0.2, 0) is 4.79 Å². The molecule has 0 spiro atoms. The van der Waals surface area contributed by atoms with Crippen molar-refractivity contribution in [2.45, 2.75) is 33.6 Å². The van der Waals surface area contributed by atoms with Crippen LogP contribution in [-0.4, -0.2) is 37.0 Å². The second-order valence-corrected chi connectivity index (χ2v) is 4.32. The smallest absolute Gasteiger partial charge is 0.236 e. The molecule has 0 rings (SSSR count). The predicted octanol–water partition coefficient (Wildman–Crippen LogP) is 1.38. The molecular formula is C12H23N3O. The molecular weight excluding hydrogens is 202 g/mol. The van der Waals surface area contributed by atoms with Crippen LogP contribution >= 0.6 is 0 Å². The van der Waals surface area contributed by atoms with Crippen molar-refractivity contribution in [3.63, 3.8) is 0 Å². The summed E-state index contributed by atoms with van der Waals surface area (Å²) in [6.45, 7) is 8.73. The molecule has 0 saturated carbocycles. The molecule has 16 heavy (non-hydrogen) atoms. The Bertz CT molecular complexity index is 233. The minimum atomic E-state index is 0.0948. The van der Waals surface area contributed by atoms with Crippen molar-refractivity contribution in [1.29, 1.82) is 5.26 Å². The summed E-state index contributed by atoms with van der Waals surface area (Å²) in [6, 6.07) is 2.08. The molecule has 0 aromatic rings. The molecule has 0 aliphatic rings. The topological polar surface area (TPSA) is 56.1 Å². The molecule has 0 atom stereocenters. The van der Waals surface area contributed by atoms with E-state index in [1.165, 1.54) is 0 Å². The third-order valence-electron chi connectivity index (χ3n) is 2.13. The zero-order valence-electron chi connectivity index (χ0n) is 10.6. The highest BCUT2D eigenvalue weighted by Gasteiger charge is 2.13. The summed E-state index contributed by atoms with van der Waals surface area (Å²) >= 11 is 0. The summed E-state index contributed by atoms with van der Waals surface area (Å²) in [6.07, 6.45) is 1.43. The van der Waals surface area contributed by atoms with E-state index in [0.717, 1.165) is 19.5 Å². The van der Waals surface area contributed by atoms with Gasteiger partial charge in [-0.15, -0.1) is 0 Å². The number of nitrogens with zero attached hydrogens (tertiary/aromatic N) is 2. The van der Waals surface area contributed by atoms with Crippen molar-refractivity contribution < 1.29 is 4.79 Å². The van der Waals surface area contributed by atoms with E-state index in [2.05, 4.69) is 32.2 Å². The van der Waals surface area contributed by atoms with E-state index in [1.807, 2.05) is 0 Å². The first-order valence-corrected chi connectivity index (χ1v) is 5.97. The minimum Gasteiger partial charge on any atom is -0.340 e. The number of nitrogens with one attached hydrogen (secondary N) is 1. The fourth-order valence-corrected chi connectivity index (χ4v) is 1.43. The van der Waals surface area contributed by atoms with Gasteiger partial charge in [0.2, 0.25) is 5.91 Å². The van der Waals surface area contributed by atoms with Crippen molar-refractivity contribution >= 4 is 5.91 Å². The lowest BCUT2D eigenvalue weighted by molar-refractivity contribution is -0.130. The first-order chi connectivity index (χ1) is 7.61. The van der Waals surface area contributed by atoms with Crippen LogP contribution < -0.4 is 5.32 Å². The van der Waals surface area contributed by atoms with Gasteiger partial charge in [0.25, 0.3) is 0 Å². The highest BCUT2D eigenvalue weighted by Crippen LogP contribution is 2.00. The summed E-state index contributed by atoms with van der Waals surface area (Å²) in [4.78, 5) is 13.6. The van der Waals surface area contributed by atoms with Crippen molar-refractivity contribution in [3.8, 4) is 6.07 Å². The molecule has 4 nitrogen and oxygen atoms in total. The van der Waals surface area contributed by atoms with Crippen LogP contribution in [0.4, 0.5) is 0 Å². The lowest BCUT2D eigenvalue weighted by atomic mass is 10.2. The Labute approximate surface area is 98.6 Å². The molecule has 0 fully saturated rings. The van der Waals surface area contributed by atoms with E-state index in [1.54, 1.807) is 4.90 Å². The molecule has 1 amide bonds. The summed E-state index contributed by atoms with van der Waals surface area (Å²) in [5, 5.41) is 11.6. The Morgan fingerprint density at radius 1 is 1.50 bits per heavy atom. The average molecular weight is 225 g/mol. The van der Waals surface area contributed by atoms with Crippen LogP contribution in [0.3, 0.4) is 0 Å². The standard InChI is InChI=1S/C12H23N3O/c1-4-7-14-9-12(16)15(8-5-6-13)10-11(2)3/h11,14H,4-5,7-10H2,1-3H3. The fourth-order valence-electron chi connectivity index (χ4n) is 1.43. The van der Waals surface area contributed by atoms with E-state index in [9.17, 15) is 4.79 Å². The lowest BCUT2D eigenvalue weighted by Gasteiger charge is -2.23. The number of carbonyl (C=O) groups is 1. The van der Waals surface area contributed by atoms with Gasteiger partial charge in [-0.25, -0.2) is 0 Å². The van der Waals surface area contributed by atoms with Crippen molar-refractivity contribution in [3.05, 3.63) is 0 Å². The molecule has 0 heterocycles. The molecule has 0 aliphatic heterocycles. The van der Waals surface area contributed by atoms with Gasteiger partial charge in [0.1, 0.15) is 0 Å². The maximum Gasteiger partial charge on any atom is 0.236 e. The summed E-state index contributed by atoms with van der Waals surface area (Å²) < 4.78 is 0. The lowest BCUT2D eigenvalue weighted by Crippen LogP contribution is -2.40. The molecule has 0 bridgehead atoms. The highest BCUT2D eigenvalue weighted by atomic mass is 16.2. The normalized spacial score (nSPS) is 10.2. The zero-order valence-corrected chi connectivity index (χ0v) is 10.6. The summed E-state index contributed by atoms with van der Waals surface area (Å²) in [7, 11) is 0. The molecule has 0 aromatic heterocycles. The second kappa shape index (κ2) is 9.17. The van der Waals surface area contributed by atoms with Crippen LogP contribution in [0.2, 0.25) is 0 Å². The molecule has 0 radical (unpaired) electrons. The largest absolute Gasteiger partial charge is 0.340 e. The van der Waals surface area contributed by atoms with Crippen LogP contribution in [0, 0.1) is 17.2 Å². The Balaban J connectivity index is 4.05. The van der Waals surface area contributed by atoms with Gasteiger partial charge in [0, 0.05) is 13.1 Å².